The standard InChI is InChI=1S/C10H16O/c1-8(2)6-5-7-10(11)9(3)4/h5-6,9H,1,7H2,2-4H3/b6-5+. The Morgan fingerprint density at radius 2 is 2.09 bits per heavy atom. The highest BCUT2D eigenvalue weighted by atomic mass is 16.1. The zero-order valence-corrected chi connectivity index (χ0v) is 7.55. The second-order valence-corrected chi connectivity index (χ2v) is 3.07. The highest BCUT2D eigenvalue weighted by Crippen LogP contribution is 2.00. The van der Waals surface area contributed by atoms with E-state index in [1.165, 1.54) is 0 Å². The summed E-state index contributed by atoms with van der Waals surface area (Å²) in [5.74, 6) is 0.423. The summed E-state index contributed by atoms with van der Waals surface area (Å²) in [6.45, 7) is 9.44. The van der Waals surface area contributed by atoms with Gasteiger partial charge >= 0.3 is 0 Å². The van der Waals surface area contributed by atoms with Crippen LogP contribution >= 0.6 is 0 Å². The van der Waals surface area contributed by atoms with Gasteiger partial charge in [-0.1, -0.05) is 38.2 Å². The minimum absolute atomic E-state index is 0.143. The van der Waals surface area contributed by atoms with E-state index in [9.17, 15) is 4.79 Å². The Morgan fingerprint density at radius 1 is 1.55 bits per heavy atom. The van der Waals surface area contributed by atoms with Crippen molar-refractivity contribution in [2.75, 3.05) is 0 Å². The summed E-state index contributed by atoms with van der Waals surface area (Å²) in [7, 11) is 0. The second-order valence-electron chi connectivity index (χ2n) is 3.07. The van der Waals surface area contributed by atoms with E-state index in [1.54, 1.807) is 0 Å². The summed E-state index contributed by atoms with van der Waals surface area (Å²) in [5.41, 5.74) is 0.988. The summed E-state index contributed by atoms with van der Waals surface area (Å²) in [5, 5.41) is 0. The zero-order valence-electron chi connectivity index (χ0n) is 7.55. The maximum absolute atomic E-state index is 11.0. The van der Waals surface area contributed by atoms with Crippen LogP contribution in [-0.4, -0.2) is 5.78 Å². The SMILES string of the molecule is C=C(C)/C=C/CC(=O)C(C)C. The smallest absolute Gasteiger partial charge is 0.139 e. The van der Waals surface area contributed by atoms with Crippen molar-refractivity contribution in [1.82, 2.24) is 0 Å². The molecule has 0 saturated carbocycles. The molecule has 0 rings (SSSR count). The summed E-state index contributed by atoms with van der Waals surface area (Å²) in [4.78, 5) is 11.0. The van der Waals surface area contributed by atoms with Gasteiger partial charge in [0.25, 0.3) is 0 Å². The Labute approximate surface area is 68.8 Å². The third kappa shape index (κ3) is 5.59. The lowest BCUT2D eigenvalue weighted by molar-refractivity contribution is -0.121. The Kier molecular flexibility index (Phi) is 4.51. The predicted octanol–water partition coefficient (Wildman–Crippen LogP) is 2.73. The number of carbonyl (C=O) groups is 1. The van der Waals surface area contributed by atoms with Crippen LogP contribution in [0.4, 0.5) is 0 Å². The summed E-state index contributed by atoms with van der Waals surface area (Å²) < 4.78 is 0. The molecule has 0 aliphatic carbocycles. The molecule has 0 unspecified atom stereocenters. The first-order valence-corrected chi connectivity index (χ1v) is 3.88. The molecule has 62 valence electrons. The first-order valence-electron chi connectivity index (χ1n) is 3.88. The number of hydrogen-bond acceptors (Lipinski definition) is 1. The van der Waals surface area contributed by atoms with Gasteiger partial charge in [-0.15, -0.1) is 0 Å². The number of hydrogen-bond donors (Lipinski definition) is 0. The first-order chi connectivity index (χ1) is 5.04. The predicted molar refractivity (Wildman–Crippen MR) is 48.4 cm³/mol. The fourth-order valence-electron chi connectivity index (χ4n) is 0.612. The van der Waals surface area contributed by atoms with Crippen LogP contribution in [0.25, 0.3) is 0 Å². The van der Waals surface area contributed by atoms with Gasteiger partial charge in [0, 0.05) is 12.3 Å². The van der Waals surface area contributed by atoms with E-state index in [0.29, 0.717) is 6.42 Å². The molecule has 1 heteroatoms. The molecule has 0 aromatic rings. The molecule has 0 radical (unpaired) electrons. The molecule has 0 bridgehead atoms. The van der Waals surface area contributed by atoms with Crippen molar-refractivity contribution in [3.05, 3.63) is 24.3 Å². The monoisotopic (exact) mass is 152 g/mol. The highest BCUT2D eigenvalue weighted by Gasteiger charge is 2.02. The van der Waals surface area contributed by atoms with E-state index in [0.717, 1.165) is 5.57 Å². The Morgan fingerprint density at radius 3 is 2.45 bits per heavy atom. The zero-order chi connectivity index (χ0) is 8.85. The molecule has 0 spiro atoms. The first kappa shape index (κ1) is 10.2. The van der Waals surface area contributed by atoms with Gasteiger partial charge in [-0.05, 0) is 6.92 Å². The maximum Gasteiger partial charge on any atom is 0.139 e. The number of carbonyl (C=O) groups excluding carboxylic acids is 1. The van der Waals surface area contributed by atoms with Crippen LogP contribution in [0.2, 0.25) is 0 Å². The van der Waals surface area contributed by atoms with Crippen LogP contribution in [0, 0.1) is 5.92 Å². The Bertz CT molecular complexity index is 175. The normalized spacial score (nSPS) is 10.9. The van der Waals surface area contributed by atoms with Gasteiger partial charge in [0.1, 0.15) is 5.78 Å². The summed E-state index contributed by atoms with van der Waals surface area (Å²) in [6, 6.07) is 0. The van der Waals surface area contributed by atoms with E-state index in [4.69, 9.17) is 0 Å². The van der Waals surface area contributed by atoms with Crippen molar-refractivity contribution in [2.24, 2.45) is 5.92 Å². The van der Waals surface area contributed by atoms with Crippen LogP contribution in [-0.2, 0) is 4.79 Å². The molecular formula is C10H16O. The molecule has 0 saturated heterocycles. The lowest BCUT2D eigenvalue weighted by Gasteiger charge is -1.98. The summed E-state index contributed by atoms with van der Waals surface area (Å²) in [6.07, 6.45) is 4.27. The van der Waals surface area contributed by atoms with Crippen molar-refractivity contribution >= 4 is 5.78 Å². The minimum atomic E-state index is 0.143. The van der Waals surface area contributed by atoms with E-state index in [2.05, 4.69) is 6.58 Å². The molecule has 0 aromatic carbocycles. The lowest BCUT2D eigenvalue weighted by atomic mass is 10.1. The van der Waals surface area contributed by atoms with Gasteiger partial charge in [0.2, 0.25) is 0 Å². The van der Waals surface area contributed by atoms with Crippen LogP contribution < -0.4 is 0 Å². The molecule has 0 amide bonds. The molecule has 0 heterocycles. The Balaban J connectivity index is 3.71. The fourth-order valence-corrected chi connectivity index (χ4v) is 0.612. The average Bonchev–Trinajstić information content (AvgIpc) is 1.86. The summed E-state index contributed by atoms with van der Waals surface area (Å²) >= 11 is 0. The topological polar surface area (TPSA) is 17.1 Å². The van der Waals surface area contributed by atoms with Gasteiger partial charge in [0.05, 0.1) is 0 Å². The Hall–Kier alpha value is -0.850. The van der Waals surface area contributed by atoms with Crippen molar-refractivity contribution in [3.8, 4) is 0 Å². The molecule has 1 nitrogen and oxygen atoms in total. The quantitative estimate of drug-likeness (QED) is 0.566. The molecule has 0 fully saturated rings. The lowest BCUT2D eigenvalue weighted by Crippen LogP contribution is -2.04. The van der Waals surface area contributed by atoms with Gasteiger partial charge in [-0.3, -0.25) is 4.79 Å². The van der Waals surface area contributed by atoms with E-state index >= 15 is 0 Å². The molecule has 0 aliphatic heterocycles. The minimum Gasteiger partial charge on any atom is -0.299 e. The molecular weight excluding hydrogens is 136 g/mol. The van der Waals surface area contributed by atoms with Crippen molar-refractivity contribution in [2.45, 2.75) is 27.2 Å². The van der Waals surface area contributed by atoms with Crippen LogP contribution in [0.15, 0.2) is 24.3 Å². The van der Waals surface area contributed by atoms with Crippen molar-refractivity contribution in [1.29, 1.82) is 0 Å². The number of Topliss-reactive ketones (excluding diaryl/α,β-unsaturated/α-hetero) is 1. The third-order valence-corrected chi connectivity index (χ3v) is 1.37. The van der Waals surface area contributed by atoms with Gasteiger partial charge < -0.3 is 0 Å². The largest absolute Gasteiger partial charge is 0.299 e. The number of allylic oxidation sites excluding steroid dienone is 3. The third-order valence-electron chi connectivity index (χ3n) is 1.37. The second kappa shape index (κ2) is 4.89. The van der Waals surface area contributed by atoms with E-state index < -0.39 is 0 Å². The average molecular weight is 152 g/mol. The van der Waals surface area contributed by atoms with E-state index in [-0.39, 0.29) is 11.7 Å². The highest BCUT2D eigenvalue weighted by molar-refractivity contribution is 5.81. The molecule has 11 heavy (non-hydrogen) atoms. The van der Waals surface area contributed by atoms with Crippen LogP contribution in [0.3, 0.4) is 0 Å². The fraction of sp³-hybridized carbons (Fsp3) is 0.500. The van der Waals surface area contributed by atoms with Crippen molar-refractivity contribution < 1.29 is 4.79 Å². The maximum atomic E-state index is 11.0. The van der Waals surface area contributed by atoms with Gasteiger partial charge in [0.15, 0.2) is 0 Å². The number of rotatable bonds is 4. The molecule has 0 N–H and O–H groups in total. The number of ketones is 1. The van der Waals surface area contributed by atoms with Gasteiger partial charge in [-0.2, -0.15) is 0 Å². The molecule has 0 aliphatic rings. The molecule has 0 atom stereocenters. The van der Waals surface area contributed by atoms with Crippen molar-refractivity contribution in [3.63, 3.8) is 0 Å². The molecule has 0 aromatic heterocycles. The van der Waals surface area contributed by atoms with Crippen LogP contribution in [0.5, 0.6) is 0 Å². The van der Waals surface area contributed by atoms with Gasteiger partial charge in [-0.25, -0.2) is 0 Å². The van der Waals surface area contributed by atoms with Crippen LogP contribution in [0.1, 0.15) is 27.2 Å². The van der Waals surface area contributed by atoms with E-state index in [1.807, 2.05) is 32.9 Å².